The monoisotopic (exact) mass is 225 g/mol. The molecule has 16 heavy (non-hydrogen) atoms. The molecule has 0 aromatic rings. The molecule has 0 aromatic carbocycles. The topological polar surface area (TPSA) is 21.3 Å². The number of hydrogen-bond donors (Lipinski definition) is 1. The van der Waals surface area contributed by atoms with Gasteiger partial charge in [-0.2, -0.15) is 0 Å². The summed E-state index contributed by atoms with van der Waals surface area (Å²) in [6, 6.07) is 0.730. The van der Waals surface area contributed by atoms with Crippen molar-refractivity contribution < 1.29 is 4.74 Å². The van der Waals surface area contributed by atoms with Crippen molar-refractivity contribution in [2.24, 2.45) is 5.92 Å². The van der Waals surface area contributed by atoms with Crippen molar-refractivity contribution in [1.29, 1.82) is 0 Å². The summed E-state index contributed by atoms with van der Waals surface area (Å²) in [6.45, 7) is 8.69. The highest BCUT2D eigenvalue weighted by Gasteiger charge is 2.14. The van der Waals surface area contributed by atoms with Gasteiger partial charge in [0.1, 0.15) is 0 Å². The average molecular weight is 225 g/mol. The van der Waals surface area contributed by atoms with Crippen molar-refractivity contribution in [3.63, 3.8) is 0 Å². The van der Waals surface area contributed by atoms with E-state index in [-0.39, 0.29) is 0 Å². The Labute approximate surface area is 100 Å². The predicted octanol–water partition coefficient (Wildman–Crippen LogP) is 3.14. The first kappa shape index (κ1) is 13.7. The Bertz CT molecular complexity index is 182. The second kappa shape index (κ2) is 8.77. The van der Waals surface area contributed by atoms with Crippen molar-refractivity contribution in [3.05, 3.63) is 12.7 Å². The van der Waals surface area contributed by atoms with Crippen molar-refractivity contribution in [3.8, 4) is 0 Å². The minimum atomic E-state index is 0.730. The van der Waals surface area contributed by atoms with Crippen LogP contribution in [0.4, 0.5) is 0 Å². The fourth-order valence-electron chi connectivity index (χ4n) is 2.30. The molecule has 0 bridgehead atoms. The van der Waals surface area contributed by atoms with E-state index in [1.165, 1.54) is 32.1 Å². The van der Waals surface area contributed by atoms with Crippen LogP contribution in [-0.4, -0.2) is 25.8 Å². The van der Waals surface area contributed by atoms with E-state index in [0.29, 0.717) is 0 Å². The summed E-state index contributed by atoms with van der Waals surface area (Å²) >= 11 is 0. The maximum atomic E-state index is 5.48. The van der Waals surface area contributed by atoms with Gasteiger partial charge in [0, 0.05) is 12.6 Å². The van der Waals surface area contributed by atoms with Crippen LogP contribution < -0.4 is 5.32 Å². The lowest BCUT2D eigenvalue weighted by atomic mass is 10.0. The summed E-state index contributed by atoms with van der Waals surface area (Å²) < 4.78 is 5.48. The zero-order valence-corrected chi connectivity index (χ0v) is 10.7. The molecule has 2 nitrogen and oxygen atoms in total. The van der Waals surface area contributed by atoms with Crippen molar-refractivity contribution in [1.82, 2.24) is 5.32 Å². The first-order valence-electron chi connectivity index (χ1n) is 6.75. The Morgan fingerprint density at radius 1 is 1.25 bits per heavy atom. The SMILES string of the molecule is C=CCCOCCNC1CCCC(C)CC1. The van der Waals surface area contributed by atoms with Gasteiger partial charge in [-0.3, -0.25) is 0 Å². The van der Waals surface area contributed by atoms with Crippen LogP contribution in [0.15, 0.2) is 12.7 Å². The molecule has 1 fully saturated rings. The standard InChI is InChI=1S/C14H27NO/c1-3-4-11-16-12-10-15-14-7-5-6-13(2)8-9-14/h3,13-15H,1,4-12H2,2H3. The Morgan fingerprint density at radius 2 is 2.12 bits per heavy atom. The highest BCUT2D eigenvalue weighted by atomic mass is 16.5. The molecule has 2 heteroatoms. The Kier molecular flexibility index (Phi) is 7.52. The number of hydrogen-bond acceptors (Lipinski definition) is 2. The second-order valence-corrected chi connectivity index (χ2v) is 4.95. The van der Waals surface area contributed by atoms with Crippen LogP contribution in [0.3, 0.4) is 0 Å². The number of nitrogens with one attached hydrogen (secondary N) is 1. The van der Waals surface area contributed by atoms with Crippen LogP contribution in [0.5, 0.6) is 0 Å². The molecule has 1 rings (SSSR count). The van der Waals surface area contributed by atoms with Gasteiger partial charge in [0.2, 0.25) is 0 Å². The summed E-state index contributed by atoms with van der Waals surface area (Å²) in [5, 5.41) is 3.61. The molecule has 94 valence electrons. The quantitative estimate of drug-likeness (QED) is 0.408. The fourth-order valence-corrected chi connectivity index (χ4v) is 2.30. The maximum Gasteiger partial charge on any atom is 0.0591 e. The van der Waals surface area contributed by atoms with Gasteiger partial charge in [-0.05, 0) is 31.6 Å². The molecule has 1 aliphatic rings. The zero-order valence-electron chi connectivity index (χ0n) is 10.7. The Morgan fingerprint density at radius 3 is 2.94 bits per heavy atom. The molecule has 0 amide bonds. The largest absolute Gasteiger partial charge is 0.380 e. The van der Waals surface area contributed by atoms with Crippen LogP contribution >= 0.6 is 0 Å². The highest BCUT2D eigenvalue weighted by Crippen LogP contribution is 2.22. The van der Waals surface area contributed by atoms with Gasteiger partial charge < -0.3 is 10.1 Å². The molecule has 0 heterocycles. The van der Waals surface area contributed by atoms with E-state index in [9.17, 15) is 0 Å². The van der Waals surface area contributed by atoms with Crippen molar-refractivity contribution >= 4 is 0 Å². The highest BCUT2D eigenvalue weighted by molar-refractivity contribution is 4.73. The fraction of sp³-hybridized carbons (Fsp3) is 0.857. The molecule has 2 atom stereocenters. The van der Waals surface area contributed by atoms with Gasteiger partial charge in [-0.1, -0.05) is 25.8 Å². The smallest absolute Gasteiger partial charge is 0.0591 e. The zero-order chi connectivity index (χ0) is 11.6. The lowest BCUT2D eigenvalue weighted by molar-refractivity contribution is 0.137. The number of rotatable bonds is 7. The van der Waals surface area contributed by atoms with E-state index in [0.717, 1.165) is 38.1 Å². The van der Waals surface area contributed by atoms with Gasteiger partial charge in [-0.15, -0.1) is 6.58 Å². The van der Waals surface area contributed by atoms with Crippen LogP contribution in [0.1, 0.15) is 45.4 Å². The molecule has 1 N–H and O–H groups in total. The van der Waals surface area contributed by atoms with Crippen LogP contribution in [-0.2, 0) is 4.74 Å². The first-order valence-corrected chi connectivity index (χ1v) is 6.75. The average Bonchev–Trinajstić information content (AvgIpc) is 2.49. The van der Waals surface area contributed by atoms with E-state index in [4.69, 9.17) is 4.74 Å². The molecule has 0 radical (unpaired) electrons. The third-order valence-corrected chi connectivity index (χ3v) is 3.40. The van der Waals surface area contributed by atoms with Crippen molar-refractivity contribution in [2.45, 2.75) is 51.5 Å². The molecule has 0 saturated heterocycles. The van der Waals surface area contributed by atoms with Gasteiger partial charge in [0.05, 0.1) is 13.2 Å². The molecule has 0 aliphatic heterocycles. The van der Waals surface area contributed by atoms with E-state index < -0.39 is 0 Å². The molecule has 1 saturated carbocycles. The van der Waals surface area contributed by atoms with Gasteiger partial charge in [0.25, 0.3) is 0 Å². The summed E-state index contributed by atoms with van der Waals surface area (Å²) in [4.78, 5) is 0. The van der Waals surface area contributed by atoms with Gasteiger partial charge >= 0.3 is 0 Å². The summed E-state index contributed by atoms with van der Waals surface area (Å²) in [5.41, 5.74) is 0. The third-order valence-electron chi connectivity index (χ3n) is 3.40. The predicted molar refractivity (Wildman–Crippen MR) is 69.7 cm³/mol. The molecule has 2 unspecified atom stereocenters. The lowest BCUT2D eigenvalue weighted by Gasteiger charge is -2.16. The minimum Gasteiger partial charge on any atom is -0.380 e. The third kappa shape index (κ3) is 6.29. The molecular weight excluding hydrogens is 198 g/mol. The molecule has 0 aromatic heterocycles. The molecular formula is C14H27NO. The summed E-state index contributed by atoms with van der Waals surface area (Å²) in [7, 11) is 0. The Hall–Kier alpha value is -0.340. The van der Waals surface area contributed by atoms with E-state index in [1.807, 2.05) is 6.08 Å². The van der Waals surface area contributed by atoms with Gasteiger partial charge in [-0.25, -0.2) is 0 Å². The van der Waals surface area contributed by atoms with Crippen LogP contribution in [0.2, 0.25) is 0 Å². The van der Waals surface area contributed by atoms with Crippen LogP contribution in [0.25, 0.3) is 0 Å². The molecule has 1 aliphatic carbocycles. The second-order valence-electron chi connectivity index (χ2n) is 4.95. The minimum absolute atomic E-state index is 0.730. The van der Waals surface area contributed by atoms with Gasteiger partial charge in [0.15, 0.2) is 0 Å². The Balaban J connectivity index is 1.97. The summed E-state index contributed by atoms with van der Waals surface area (Å²) in [6.07, 6.45) is 9.73. The van der Waals surface area contributed by atoms with Crippen molar-refractivity contribution in [2.75, 3.05) is 19.8 Å². The summed E-state index contributed by atoms with van der Waals surface area (Å²) in [5.74, 6) is 0.927. The van der Waals surface area contributed by atoms with E-state index in [1.54, 1.807) is 0 Å². The van der Waals surface area contributed by atoms with E-state index >= 15 is 0 Å². The maximum absolute atomic E-state index is 5.48. The molecule has 0 spiro atoms. The lowest BCUT2D eigenvalue weighted by Crippen LogP contribution is -2.31. The van der Waals surface area contributed by atoms with Crippen LogP contribution in [0, 0.1) is 5.92 Å². The normalized spacial score (nSPS) is 26.3. The number of ether oxygens (including phenoxy) is 1. The van der Waals surface area contributed by atoms with E-state index in [2.05, 4.69) is 18.8 Å². The first-order chi connectivity index (χ1) is 7.83.